The van der Waals surface area contributed by atoms with Crippen LogP contribution in [-0.4, -0.2) is 24.2 Å². The van der Waals surface area contributed by atoms with Crippen molar-refractivity contribution in [2.75, 3.05) is 6.54 Å². The molecule has 2 N–H and O–H groups in total. The number of rotatable bonds is 6. The van der Waals surface area contributed by atoms with Crippen LogP contribution in [0.2, 0.25) is 0 Å². The number of hydrogen-bond donors (Lipinski definition) is 2. The molecule has 0 aliphatic heterocycles. The molecule has 20 heavy (non-hydrogen) atoms. The number of nitrogens with one attached hydrogen (secondary N) is 1. The van der Waals surface area contributed by atoms with Gasteiger partial charge in [0.1, 0.15) is 16.7 Å². The zero-order chi connectivity index (χ0) is 14.5. The summed E-state index contributed by atoms with van der Waals surface area (Å²) in [6.07, 6.45) is -0.821. The van der Waals surface area contributed by atoms with Crippen LogP contribution < -0.4 is 10.1 Å². The standard InChI is InChI=1S/C12H11F2NO3S2/c13-12(14)18-8-3-5-20-10(8)11(17)15-6-7(16)9-2-1-4-19-9/h1-5,7,12,16H,6H2,(H,15,17)/t7-/m0/s1. The van der Waals surface area contributed by atoms with Gasteiger partial charge in [-0.25, -0.2) is 0 Å². The Bertz CT molecular complexity index is 557. The van der Waals surface area contributed by atoms with Gasteiger partial charge in [0.2, 0.25) is 0 Å². The van der Waals surface area contributed by atoms with Crippen molar-refractivity contribution in [1.29, 1.82) is 0 Å². The fourth-order valence-electron chi connectivity index (χ4n) is 1.50. The van der Waals surface area contributed by atoms with Gasteiger partial charge in [-0.3, -0.25) is 4.79 Å². The Morgan fingerprint density at radius 2 is 2.15 bits per heavy atom. The second-order valence-electron chi connectivity index (χ2n) is 3.73. The van der Waals surface area contributed by atoms with Crippen LogP contribution in [0, 0.1) is 0 Å². The predicted molar refractivity (Wildman–Crippen MR) is 72.6 cm³/mol. The minimum Gasteiger partial charge on any atom is -0.433 e. The van der Waals surface area contributed by atoms with Crippen molar-refractivity contribution in [2.24, 2.45) is 0 Å². The third-order valence-electron chi connectivity index (χ3n) is 2.38. The van der Waals surface area contributed by atoms with Crippen LogP contribution in [0.15, 0.2) is 29.0 Å². The summed E-state index contributed by atoms with van der Waals surface area (Å²) in [6.45, 7) is -2.97. The summed E-state index contributed by atoms with van der Waals surface area (Å²) < 4.78 is 28.5. The smallest absolute Gasteiger partial charge is 0.387 e. The highest BCUT2D eigenvalue weighted by Crippen LogP contribution is 2.26. The van der Waals surface area contributed by atoms with Crippen molar-refractivity contribution < 1.29 is 23.4 Å². The number of ether oxygens (including phenoxy) is 1. The Labute approximate surface area is 121 Å². The van der Waals surface area contributed by atoms with Crippen molar-refractivity contribution in [3.05, 3.63) is 38.7 Å². The highest BCUT2D eigenvalue weighted by atomic mass is 32.1. The van der Waals surface area contributed by atoms with E-state index in [4.69, 9.17) is 0 Å². The van der Waals surface area contributed by atoms with Gasteiger partial charge >= 0.3 is 6.61 Å². The second-order valence-corrected chi connectivity index (χ2v) is 5.63. The lowest BCUT2D eigenvalue weighted by Gasteiger charge is -2.10. The van der Waals surface area contributed by atoms with E-state index in [0.717, 1.165) is 16.2 Å². The minimum absolute atomic E-state index is 0.00532. The molecular weight excluding hydrogens is 308 g/mol. The van der Waals surface area contributed by atoms with Gasteiger partial charge in [-0.15, -0.1) is 22.7 Å². The van der Waals surface area contributed by atoms with Gasteiger partial charge in [-0.2, -0.15) is 8.78 Å². The fourth-order valence-corrected chi connectivity index (χ4v) is 2.95. The average molecular weight is 319 g/mol. The van der Waals surface area contributed by atoms with E-state index < -0.39 is 18.6 Å². The van der Waals surface area contributed by atoms with E-state index in [2.05, 4.69) is 10.1 Å². The summed E-state index contributed by atoms with van der Waals surface area (Å²) in [5.74, 6) is -0.709. The van der Waals surface area contributed by atoms with Crippen molar-refractivity contribution >= 4 is 28.6 Å². The quantitative estimate of drug-likeness (QED) is 0.861. The number of aliphatic hydroxyl groups is 1. The first kappa shape index (κ1) is 14.9. The van der Waals surface area contributed by atoms with Crippen molar-refractivity contribution in [1.82, 2.24) is 5.32 Å². The maximum atomic E-state index is 12.2. The van der Waals surface area contributed by atoms with E-state index in [-0.39, 0.29) is 17.2 Å². The van der Waals surface area contributed by atoms with Crippen molar-refractivity contribution in [3.8, 4) is 5.75 Å². The second kappa shape index (κ2) is 6.78. The first-order chi connectivity index (χ1) is 9.58. The summed E-state index contributed by atoms with van der Waals surface area (Å²) in [5.41, 5.74) is 0. The number of aliphatic hydroxyl groups excluding tert-OH is 1. The SMILES string of the molecule is O=C(NC[C@H](O)c1cccs1)c1sccc1OC(F)F. The van der Waals surface area contributed by atoms with Gasteiger partial charge in [0, 0.05) is 11.4 Å². The molecule has 2 rings (SSSR count). The van der Waals surface area contributed by atoms with Gasteiger partial charge in [0.15, 0.2) is 0 Å². The molecule has 0 aliphatic rings. The van der Waals surface area contributed by atoms with Crippen LogP contribution in [0.25, 0.3) is 0 Å². The Morgan fingerprint density at radius 1 is 1.35 bits per heavy atom. The predicted octanol–water partition coefficient (Wildman–Crippen LogP) is 2.87. The van der Waals surface area contributed by atoms with Crippen LogP contribution in [0.4, 0.5) is 8.78 Å². The molecule has 2 heterocycles. The Kier molecular flexibility index (Phi) is 5.05. The molecule has 2 aromatic heterocycles. The van der Waals surface area contributed by atoms with Crippen LogP contribution in [0.5, 0.6) is 5.75 Å². The third-order valence-corrected chi connectivity index (χ3v) is 4.25. The molecule has 0 aromatic carbocycles. The first-order valence-electron chi connectivity index (χ1n) is 5.60. The third kappa shape index (κ3) is 3.75. The maximum absolute atomic E-state index is 12.2. The maximum Gasteiger partial charge on any atom is 0.387 e. The van der Waals surface area contributed by atoms with Crippen LogP contribution >= 0.6 is 22.7 Å². The molecule has 1 amide bonds. The molecule has 0 fully saturated rings. The topological polar surface area (TPSA) is 58.6 Å². The summed E-state index contributed by atoms with van der Waals surface area (Å²) in [4.78, 5) is 12.6. The number of hydrogen-bond acceptors (Lipinski definition) is 5. The molecule has 0 saturated carbocycles. The molecular formula is C12H11F2NO3S2. The lowest BCUT2D eigenvalue weighted by molar-refractivity contribution is -0.0498. The molecule has 1 atom stereocenters. The van der Waals surface area contributed by atoms with Crippen LogP contribution in [0.1, 0.15) is 20.7 Å². The highest BCUT2D eigenvalue weighted by Gasteiger charge is 2.18. The summed E-state index contributed by atoms with van der Waals surface area (Å²) >= 11 is 2.37. The van der Waals surface area contributed by atoms with E-state index in [1.54, 1.807) is 12.1 Å². The minimum atomic E-state index is -2.98. The zero-order valence-corrected chi connectivity index (χ0v) is 11.7. The molecule has 0 aliphatic carbocycles. The van der Waals surface area contributed by atoms with Crippen molar-refractivity contribution in [3.63, 3.8) is 0 Å². The van der Waals surface area contributed by atoms with Gasteiger partial charge in [-0.05, 0) is 22.9 Å². The molecule has 0 unspecified atom stereocenters. The molecule has 8 heteroatoms. The van der Waals surface area contributed by atoms with E-state index in [9.17, 15) is 18.7 Å². The van der Waals surface area contributed by atoms with Gasteiger partial charge in [0.25, 0.3) is 5.91 Å². The lowest BCUT2D eigenvalue weighted by Crippen LogP contribution is -2.27. The summed E-state index contributed by atoms with van der Waals surface area (Å²) in [5, 5.41) is 15.6. The van der Waals surface area contributed by atoms with Gasteiger partial charge < -0.3 is 15.2 Å². The Balaban J connectivity index is 1.93. The largest absolute Gasteiger partial charge is 0.433 e. The van der Waals surface area contributed by atoms with Gasteiger partial charge in [-0.1, -0.05) is 6.07 Å². The number of amides is 1. The molecule has 4 nitrogen and oxygen atoms in total. The number of carbonyl (C=O) groups is 1. The summed E-state index contributed by atoms with van der Waals surface area (Å²) in [7, 11) is 0. The molecule has 108 valence electrons. The molecule has 0 spiro atoms. The van der Waals surface area contributed by atoms with E-state index >= 15 is 0 Å². The molecule has 2 aromatic rings. The summed E-state index contributed by atoms with van der Waals surface area (Å²) in [6, 6.07) is 4.85. The van der Waals surface area contributed by atoms with Crippen LogP contribution in [0.3, 0.4) is 0 Å². The van der Waals surface area contributed by atoms with Gasteiger partial charge in [0.05, 0.1) is 0 Å². The zero-order valence-electron chi connectivity index (χ0n) is 10.1. The molecule has 0 radical (unpaired) electrons. The fraction of sp³-hybridized carbons (Fsp3) is 0.250. The van der Waals surface area contributed by atoms with E-state index in [1.807, 2.05) is 5.38 Å². The van der Waals surface area contributed by atoms with E-state index in [1.165, 1.54) is 22.8 Å². The Hall–Kier alpha value is -1.51. The molecule has 0 bridgehead atoms. The average Bonchev–Trinajstić information content (AvgIpc) is 3.05. The number of alkyl halides is 2. The normalized spacial score (nSPS) is 12.4. The monoisotopic (exact) mass is 319 g/mol. The highest BCUT2D eigenvalue weighted by molar-refractivity contribution is 7.12. The lowest BCUT2D eigenvalue weighted by atomic mass is 10.3. The van der Waals surface area contributed by atoms with E-state index in [0.29, 0.717) is 0 Å². The number of halogens is 2. The van der Waals surface area contributed by atoms with Crippen molar-refractivity contribution in [2.45, 2.75) is 12.7 Å². The first-order valence-corrected chi connectivity index (χ1v) is 7.36. The Morgan fingerprint density at radius 3 is 2.80 bits per heavy atom. The molecule has 0 saturated heterocycles. The number of thiophene rings is 2. The number of carbonyl (C=O) groups excluding carboxylic acids is 1. The van der Waals surface area contributed by atoms with Crippen LogP contribution in [-0.2, 0) is 0 Å².